The molecule has 1 aliphatic heterocycles. The summed E-state index contributed by atoms with van der Waals surface area (Å²) in [6.45, 7) is 2.44. The van der Waals surface area contributed by atoms with Crippen molar-refractivity contribution in [3.05, 3.63) is 107 Å². The van der Waals surface area contributed by atoms with Gasteiger partial charge in [-0.05, 0) is 47.7 Å². The number of halogens is 1. The van der Waals surface area contributed by atoms with Crippen LogP contribution in [0.25, 0.3) is 10.8 Å². The number of ether oxygens (including phenoxy) is 1. The second kappa shape index (κ2) is 12.2. The van der Waals surface area contributed by atoms with Gasteiger partial charge in [0.2, 0.25) is 5.78 Å². The Kier molecular flexibility index (Phi) is 8.28. The van der Waals surface area contributed by atoms with Crippen molar-refractivity contribution < 1.29 is 19.4 Å². The van der Waals surface area contributed by atoms with E-state index in [0.717, 1.165) is 26.1 Å². The number of phenols is 1. The topological polar surface area (TPSA) is 117 Å². The number of fused-ring (bicyclic) bond motifs is 1. The van der Waals surface area contributed by atoms with Crippen LogP contribution in [0.5, 0.6) is 11.5 Å². The molecule has 40 heavy (non-hydrogen) atoms. The van der Waals surface area contributed by atoms with Crippen LogP contribution in [-0.2, 0) is 11.3 Å². The number of aromatic hydroxyl groups is 1. The number of rotatable bonds is 9. The van der Waals surface area contributed by atoms with Crippen LogP contribution >= 0.6 is 11.6 Å². The van der Waals surface area contributed by atoms with E-state index in [1.54, 1.807) is 12.1 Å². The highest BCUT2D eigenvalue weighted by atomic mass is 35.5. The Hall–Kier alpha value is -4.40. The van der Waals surface area contributed by atoms with E-state index in [1.807, 2.05) is 42.5 Å². The van der Waals surface area contributed by atoms with E-state index in [-0.39, 0.29) is 40.6 Å². The summed E-state index contributed by atoms with van der Waals surface area (Å²) in [6.07, 6.45) is 0.887. The lowest BCUT2D eigenvalue weighted by molar-refractivity contribution is -0.123. The number of hydrogen-bond acceptors (Lipinski definition) is 7. The summed E-state index contributed by atoms with van der Waals surface area (Å²) in [4.78, 5) is 28.3. The third kappa shape index (κ3) is 6.09. The van der Waals surface area contributed by atoms with Crippen molar-refractivity contribution >= 4 is 39.8 Å². The molecule has 0 saturated carbocycles. The number of carbonyl (C=O) groups excluding carboxylic acids is 2. The Morgan fingerprint density at radius 3 is 2.52 bits per heavy atom. The summed E-state index contributed by atoms with van der Waals surface area (Å²) in [6, 6.07) is 25.3. The molecule has 1 amide bonds. The number of amides is 1. The average Bonchev–Trinajstić information content (AvgIpc) is 3.41. The quantitative estimate of drug-likeness (QED) is 0.121. The van der Waals surface area contributed by atoms with Gasteiger partial charge in [-0.3, -0.25) is 14.5 Å². The number of nitrogens with two attached hydrogens (primary N) is 1. The van der Waals surface area contributed by atoms with Crippen molar-refractivity contribution in [1.29, 1.82) is 0 Å². The van der Waals surface area contributed by atoms with Crippen LogP contribution in [0.1, 0.15) is 27.9 Å². The fourth-order valence-electron chi connectivity index (χ4n) is 4.99. The summed E-state index contributed by atoms with van der Waals surface area (Å²) in [5.41, 5.74) is 2.03. The Morgan fingerprint density at radius 1 is 1.02 bits per heavy atom. The molecule has 204 valence electrons. The van der Waals surface area contributed by atoms with Gasteiger partial charge in [0, 0.05) is 42.2 Å². The lowest BCUT2D eigenvalue weighted by Gasteiger charge is -2.17. The maximum absolute atomic E-state index is 13.2. The van der Waals surface area contributed by atoms with Crippen LogP contribution in [-0.4, -0.2) is 53.1 Å². The van der Waals surface area contributed by atoms with E-state index < -0.39 is 5.78 Å². The SMILES string of the molecule is N/N=C(/C(=O)c1ccc(O)c(Cl)c1)c1ccc(OCC(=O)NC2CCN(Cc3ccccc3)C2)c2ccccc12. The molecular formula is C31H29ClN4O4. The molecule has 5 rings (SSSR count). The minimum Gasteiger partial charge on any atom is -0.506 e. The van der Waals surface area contributed by atoms with Gasteiger partial charge in [0.25, 0.3) is 5.91 Å². The molecule has 1 heterocycles. The molecule has 0 radical (unpaired) electrons. The lowest BCUT2D eigenvalue weighted by atomic mass is 9.95. The van der Waals surface area contributed by atoms with Crippen molar-refractivity contribution in [3.8, 4) is 11.5 Å². The standard InChI is InChI=1S/C31H29ClN4O4/c32-26-16-21(10-12-27(26)37)31(39)30(35-33)25-11-13-28(24-9-5-4-8-23(24)25)40-19-29(38)34-22-14-15-36(18-22)17-20-6-2-1-3-7-20/h1-13,16,22,37H,14-15,17-19,33H2,(H,34,38)/b35-30+. The van der Waals surface area contributed by atoms with Crippen molar-refractivity contribution in [2.75, 3.05) is 19.7 Å². The van der Waals surface area contributed by atoms with Crippen molar-refractivity contribution in [2.24, 2.45) is 10.9 Å². The molecule has 0 aromatic heterocycles. The third-order valence-corrected chi connectivity index (χ3v) is 7.24. The van der Waals surface area contributed by atoms with Gasteiger partial charge in [0.05, 0.1) is 5.02 Å². The van der Waals surface area contributed by atoms with E-state index in [9.17, 15) is 14.7 Å². The zero-order valence-corrected chi connectivity index (χ0v) is 22.5. The van der Waals surface area contributed by atoms with Crippen molar-refractivity contribution in [1.82, 2.24) is 10.2 Å². The predicted molar refractivity (Wildman–Crippen MR) is 156 cm³/mol. The Bertz CT molecular complexity index is 1570. The molecule has 4 aromatic carbocycles. The summed E-state index contributed by atoms with van der Waals surface area (Å²) in [5, 5.41) is 18.0. The molecule has 0 spiro atoms. The van der Waals surface area contributed by atoms with Gasteiger partial charge >= 0.3 is 0 Å². The molecule has 1 fully saturated rings. The second-order valence-electron chi connectivity index (χ2n) is 9.69. The molecule has 0 bridgehead atoms. The molecule has 1 aliphatic rings. The second-order valence-corrected chi connectivity index (χ2v) is 10.1. The minimum atomic E-state index is -0.444. The zero-order valence-electron chi connectivity index (χ0n) is 21.7. The van der Waals surface area contributed by atoms with Gasteiger partial charge < -0.3 is 21.0 Å². The van der Waals surface area contributed by atoms with E-state index in [2.05, 4.69) is 27.5 Å². The predicted octanol–water partition coefficient (Wildman–Crippen LogP) is 4.51. The van der Waals surface area contributed by atoms with Crippen molar-refractivity contribution in [3.63, 3.8) is 0 Å². The highest BCUT2D eigenvalue weighted by Gasteiger charge is 2.24. The Labute approximate surface area is 237 Å². The first-order chi connectivity index (χ1) is 19.4. The molecule has 0 aliphatic carbocycles. The van der Waals surface area contributed by atoms with Crippen LogP contribution in [0, 0.1) is 0 Å². The number of likely N-dealkylation sites (tertiary alicyclic amines) is 1. The fourth-order valence-corrected chi connectivity index (χ4v) is 5.17. The molecule has 1 unspecified atom stereocenters. The number of nitrogens with zero attached hydrogens (tertiary/aromatic N) is 2. The highest BCUT2D eigenvalue weighted by Crippen LogP contribution is 2.30. The minimum absolute atomic E-state index is 0.0311. The normalized spacial score (nSPS) is 15.7. The number of carbonyl (C=O) groups is 2. The Morgan fingerprint density at radius 2 is 1.77 bits per heavy atom. The van der Waals surface area contributed by atoms with Crippen molar-refractivity contribution in [2.45, 2.75) is 19.0 Å². The number of ketones is 1. The maximum atomic E-state index is 13.2. The van der Waals surface area contributed by atoms with Gasteiger partial charge in [-0.1, -0.05) is 66.2 Å². The van der Waals surface area contributed by atoms with E-state index in [4.69, 9.17) is 22.2 Å². The van der Waals surface area contributed by atoms with Gasteiger partial charge in [-0.2, -0.15) is 5.10 Å². The first kappa shape index (κ1) is 27.2. The number of benzene rings is 4. The largest absolute Gasteiger partial charge is 0.506 e. The Balaban J connectivity index is 1.26. The maximum Gasteiger partial charge on any atom is 0.258 e. The number of phenolic OH excluding ortho intramolecular Hbond substituents is 1. The average molecular weight is 557 g/mol. The van der Waals surface area contributed by atoms with Crippen LogP contribution in [0.3, 0.4) is 0 Å². The van der Waals surface area contributed by atoms with E-state index >= 15 is 0 Å². The van der Waals surface area contributed by atoms with Gasteiger partial charge in [-0.15, -0.1) is 0 Å². The molecule has 4 aromatic rings. The number of hydrogen-bond donors (Lipinski definition) is 3. The monoisotopic (exact) mass is 556 g/mol. The smallest absolute Gasteiger partial charge is 0.258 e. The van der Waals surface area contributed by atoms with Crippen LogP contribution in [0.2, 0.25) is 5.02 Å². The summed E-state index contributed by atoms with van der Waals surface area (Å²) in [5.74, 6) is 5.41. The molecule has 9 heteroatoms. The third-order valence-electron chi connectivity index (χ3n) is 6.94. The molecule has 4 N–H and O–H groups in total. The molecule has 8 nitrogen and oxygen atoms in total. The molecular weight excluding hydrogens is 528 g/mol. The first-order valence-electron chi connectivity index (χ1n) is 12.9. The van der Waals surface area contributed by atoms with Gasteiger partial charge in [0.15, 0.2) is 6.61 Å². The lowest BCUT2D eigenvalue weighted by Crippen LogP contribution is -2.39. The van der Waals surface area contributed by atoms with Gasteiger partial charge in [0.1, 0.15) is 17.2 Å². The summed E-state index contributed by atoms with van der Waals surface area (Å²) < 4.78 is 5.93. The molecule has 1 saturated heterocycles. The van der Waals surface area contributed by atoms with E-state index in [1.165, 1.54) is 23.8 Å². The zero-order chi connectivity index (χ0) is 28.1. The van der Waals surface area contributed by atoms with Crippen LogP contribution in [0.15, 0.2) is 90.0 Å². The van der Waals surface area contributed by atoms with Crippen LogP contribution in [0.4, 0.5) is 0 Å². The molecule has 1 atom stereocenters. The fraction of sp³-hybridized carbons (Fsp3) is 0.194. The highest BCUT2D eigenvalue weighted by molar-refractivity contribution is 6.53. The van der Waals surface area contributed by atoms with Crippen LogP contribution < -0.4 is 15.9 Å². The van der Waals surface area contributed by atoms with E-state index in [0.29, 0.717) is 22.1 Å². The number of hydrazone groups is 1. The number of Topliss-reactive ketones (excluding diaryl/α,β-unsaturated/α-hetero) is 1. The van der Waals surface area contributed by atoms with Gasteiger partial charge in [-0.25, -0.2) is 0 Å². The first-order valence-corrected chi connectivity index (χ1v) is 13.3. The number of nitrogens with one attached hydrogen (secondary N) is 1. The summed E-state index contributed by atoms with van der Waals surface area (Å²) >= 11 is 6.00. The summed E-state index contributed by atoms with van der Waals surface area (Å²) in [7, 11) is 0.